The van der Waals surface area contributed by atoms with Gasteiger partial charge in [0, 0.05) is 6.04 Å². The molecule has 1 heterocycles. The van der Waals surface area contributed by atoms with Crippen molar-refractivity contribution in [3.05, 3.63) is 0 Å². The zero-order valence-corrected chi connectivity index (χ0v) is 6.59. The van der Waals surface area contributed by atoms with Crippen LogP contribution in [0.25, 0.3) is 0 Å². The molecule has 1 aliphatic rings. The molecule has 0 aromatic heterocycles. The van der Waals surface area contributed by atoms with Crippen LogP contribution in [0.4, 0.5) is 0 Å². The Hall–Kier alpha value is -0.730. The molecule has 0 fully saturated rings. The molecule has 1 rings (SSSR count). The summed E-state index contributed by atoms with van der Waals surface area (Å²) in [6.07, 6.45) is 1.16. The predicted octanol–water partition coefficient (Wildman–Crippen LogP) is 0.319. The molecule has 58 valence electrons. The van der Waals surface area contributed by atoms with Gasteiger partial charge in [0.25, 0.3) is 0 Å². The van der Waals surface area contributed by atoms with Gasteiger partial charge in [0.2, 0.25) is 0 Å². The van der Waals surface area contributed by atoms with E-state index in [9.17, 15) is 0 Å². The number of guanidine groups is 1. The van der Waals surface area contributed by atoms with E-state index in [1.807, 2.05) is 0 Å². The molecule has 1 unspecified atom stereocenters. The molecule has 0 saturated heterocycles. The number of nitrogens with zero attached hydrogens (tertiary/aromatic N) is 1. The highest BCUT2D eigenvalue weighted by atomic mass is 15.2. The van der Waals surface area contributed by atoms with Gasteiger partial charge in [-0.05, 0) is 12.3 Å². The fraction of sp³-hybridized carbons (Fsp3) is 0.857. The lowest BCUT2D eigenvalue weighted by molar-refractivity contribution is 0.488. The van der Waals surface area contributed by atoms with E-state index in [1.54, 1.807) is 0 Å². The van der Waals surface area contributed by atoms with Crippen LogP contribution >= 0.6 is 0 Å². The SMILES string of the molecule is CC(C)CC1CN=C(N)N1. The molecular formula is C7H15N3. The zero-order chi connectivity index (χ0) is 7.56. The average molecular weight is 141 g/mol. The Morgan fingerprint density at radius 1 is 1.80 bits per heavy atom. The molecule has 0 aromatic carbocycles. The highest BCUT2D eigenvalue weighted by Gasteiger charge is 2.15. The van der Waals surface area contributed by atoms with Crippen molar-refractivity contribution in [1.82, 2.24) is 5.32 Å². The second-order valence-electron chi connectivity index (χ2n) is 3.20. The number of nitrogens with one attached hydrogen (secondary N) is 1. The van der Waals surface area contributed by atoms with Gasteiger partial charge in [0.05, 0.1) is 6.54 Å². The summed E-state index contributed by atoms with van der Waals surface area (Å²) < 4.78 is 0. The average Bonchev–Trinajstić information content (AvgIpc) is 2.13. The van der Waals surface area contributed by atoms with Crippen molar-refractivity contribution >= 4 is 5.96 Å². The van der Waals surface area contributed by atoms with E-state index < -0.39 is 0 Å². The number of aliphatic imine (C=N–C) groups is 1. The monoisotopic (exact) mass is 141 g/mol. The Kier molecular flexibility index (Phi) is 2.14. The molecule has 3 nitrogen and oxygen atoms in total. The topological polar surface area (TPSA) is 50.4 Å². The van der Waals surface area contributed by atoms with E-state index in [0.29, 0.717) is 12.0 Å². The van der Waals surface area contributed by atoms with Crippen LogP contribution in [-0.4, -0.2) is 18.5 Å². The van der Waals surface area contributed by atoms with Crippen LogP contribution in [0.15, 0.2) is 4.99 Å². The summed E-state index contributed by atoms with van der Waals surface area (Å²) in [6, 6.07) is 0.486. The standard InChI is InChI=1S/C7H15N3/c1-5(2)3-6-4-9-7(8)10-6/h5-6H,3-4H2,1-2H3,(H3,8,9,10). The third kappa shape index (κ3) is 1.90. The van der Waals surface area contributed by atoms with Crippen molar-refractivity contribution in [3.63, 3.8) is 0 Å². The minimum Gasteiger partial charge on any atom is -0.370 e. The maximum Gasteiger partial charge on any atom is 0.188 e. The Bertz CT molecular complexity index is 140. The van der Waals surface area contributed by atoms with E-state index in [1.165, 1.54) is 0 Å². The van der Waals surface area contributed by atoms with Gasteiger partial charge in [-0.15, -0.1) is 0 Å². The highest BCUT2D eigenvalue weighted by molar-refractivity contribution is 5.79. The van der Waals surface area contributed by atoms with Crippen molar-refractivity contribution in [2.24, 2.45) is 16.6 Å². The fourth-order valence-corrected chi connectivity index (χ4v) is 1.21. The van der Waals surface area contributed by atoms with Gasteiger partial charge >= 0.3 is 0 Å². The second-order valence-corrected chi connectivity index (χ2v) is 3.20. The van der Waals surface area contributed by atoms with Crippen LogP contribution in [0.1, 0.15) is 20.3 Å². The minimum atomic E-state index is 0.486. The van der Waals surface area contributed by atoms with Gasteiger partial charge in [0.15, 0.2) is 5.96 Å². The summed E-state index contributed by atoms with van der Waals surface area (Å²) >= 11 is 0. The summed E-state index contributed by atoms with van der Waals surface area (Å²) in [5, 5.41) is 3.11. The smallest absolute Gasteiger partial charge is 0.188 e. The third-order valence-corrected chi connectivity index (χ3v) is 1.59. The summed E-state index contributed by atoms with van der Waals surface area (Å²) in [5.74, 6) is 1.32. The maximum atomic E-state index is 5.44. The molecule has 0 saturated carbocycles. The lowest BCUT2D eigenvalue weighted by atomic mass is 10.0. The largest absolute Gasteiger partial charge is 0.370 e. The molecule has 0 spiro atoms. The quantitative estimate of drug-likeness (QED) is 0.582. The highest BCUT2D eigenvalue weighted by Crippen LogP contribution is 2.07. The number of hydrogen-bond donors (Lipinski definition) is 2. The molecule has 0 radical (unpaired) electrons. The van der Waals surface area contributed by atoms with Crippen LogP contribution in [0.3, 0.4) is 0 Å². The fourth-order valence-electron chi connectivity index (χ4n) is 1.21. The first-order valence-corrected chi connectivity index (χ1v) is 3.75. The van der Waals surface area contributed by atoms with E-state index in [-0.39, 0.29) is 0 Å². The van der Waals surface area contributed by atoms with Gasteiger partial charge in [-0.3, -0.25) is 4.99 Å². The van der Waals surface area contributed by atoms with E-state index in [4.69, 9.17) is 5.73 Å². The molecule has 10 heavy (non-hydrogen) atoms. The molecule has 1 aliphatic heterocycles. The first-order chi connectivity index (χ1) is 4.68. The zero-order valence-electron chi connectivity index (χ0n) is 6.59. The van der Waals surface area contributed by atoms with Gasteiger partial charge < -0.3 is 11.1 Å². The Balaban J connectivity index is 2.23. The Morgan fingerprint density at radius 2 is 2.50 bits per heavy atom. The molecule has 1 atom stereocenters. The summed E-state index contributed by atoms with van der Waals surface area (Å²) in [4.78, 5) is 4.05. The maximum absolute atomic E-state index is 5.44. The lowest BCUT2D eigenvalue weighted by Gasteiger charge is -2.12. The van der Waals surface area contributed by atoms with Crippen LogP contribution in [0.5, 0.6) is 0 Å². The van der Waals surface area contributed by atoms with Crippen LogP contribution in [0, 0.1) is 5.92 Å². The van der Waals surface area contributed by atoms with Gasteiger partial charge in [-0.25, -0.2) is 0 Å². The van der Waals surface area contributed by atoms with Crippen molar-refractivity contribution in [3.8, 4) is 0 Å². The molecule has 0 aromatic rings. The number of hydrogen-bond acceptors (Lipinski definition) is 3. The van der Waals surface area contributed by atoms with Crippen molar-refractivity contribution in [1.29, 1.82) is 0 Å². The molecule has 3 N–H and O–H groups in total. The van der Waals surface area contributed by atoms with Crippen molar-refractivity contribution < 1.29 is 0 Å². The van der Waals surface area contributed by atoms with Crippen molar-refractivity contribution in [2.45, 2.75) is 26.3 Å². The Labute approximate surface area is 61.7 Å². The van der Waals surface area contributed by atoms with Crippen LogP contribution in [-0.2, 0) is 0 Å². The molecule has 3 heteroatoms. The van der Waals surface area contributed by atoms with Crippen LogP contribution in [0.2, 0.25) is 0 Å². The number of nitrogens with two attached hydrogens (primary N) is 1. The first kappa shape index (κ1) is 7.38. The molecule has 0 bridgehead atoms. The number of rotatable bonds is 2. The first-order valence-electron chi connectivity index (χ1n) is 3.75. The summed E-state index contributed by atoms with van der Waals surface area (Å²) in [5.41, 5.74) is 5.44. The lowest BCUT2D eigenvalue weighted by Crippen LogP contribution is -2.35. The summed E-state index contributed by atoms with van der Waals surface area (Å²) in [6.45, 7) is 5.26. The second kappa shape index (κ2) is 2.90. The van der Waals surface area contributed by atoms with Gasteiger partial charge in [0.1, 0.15) is 0 Å². The third-order valence-electron chi connectivity index (χ3n) is 1.59. The molecule has 0 aliphatic carbocycles. The predicted molar refractivity (Wildman–Crippen MR) is 42.9 cm³/mol. The van der Waals surface area contributed by atoms with Gasteiger partial charge in [-0.1, -0.05) is 13.8 Å². The van der Waals surface area contributed by atoms with Crippen molar-refractivity contribution in [2.75, 3.05) is 6.54 Å². The minimum absolute atomic E-state index is 0.486. The van der Waals surface area contributed by atoms with E-state index >= 15 is 0 Å². The van der Waals surface area contributed by atoms with Crippen LogP contribution < -0.4 is 11.1 Å². The van der Waals surface area contributed by atoms with Gasteiger partial charge in [-0.2, -0.15) is 0 Å². The van der Waals surface area contributed by atoms with E-state index in [0.717, 1.165) is 18.9 Å². The molecule has 0 amide bonds. The van der Waals surface area contributed by atoms with E-state index in [2.05, 4.69) is 24.2 Å². The normalized spacial score (nSPS) is 24.7. The molecular weight excluding hydrogens is 126 g/mol. The summed E-state index contributed by atoms with van der Waals surface area (Å²) in [7, 11) is 0. The Morgan fingerprint density at radius 3 is 2.90 bits per heavy atom.